The van der Waals surface area contributed by atoms with Crippen LogP contribution >= 0.6 is 0 Å². The minimum Gasteiger partial charge on any atom is -0.358 e. The van der Waals surface area contributed by atoms with Crippen LogP contribution in [0, 0.1) is 5.82 Å². The highest BCUT2D eigenvalue weighted by atomic mass is 19.1. The molecule has 25 heavy (non-hydrogen) atoms. The number of hydrogen-bond acceptors (Lipinski definition) is 3. The summed E-state index contributed by atoms with van der Waals surface area (Å²) in [6.45, 7) is 0. The molecule has 1 fully saturated rings. The Morgan fingerprint density at radius 2 is 1.60 bits per heavy atom. The van der Waals surface area contributed by atoms with Crippen molar-refractivity contribution in [3.8, 4) is 0 Å². The fraction of sp³-hybridized carbons (Fsp3) is 0.429. The van der Waals surface area contributed by atoms with Crippen molar-refractivity contribution < 1.29 is 14.2 Å². The van der Waals surface area contributed by atoms with Crippen LogP contribution in [0.25, 0.3) is 0 Å². The fourth-order valence-corrected chi connectivity index (χ4v) is 4.42. The van der Waals surface area contributed by atoms with E-state index in [9.17, 15) is 9.50 Å². The van der Waals surface area contributed by atoms with Gasteiger partial charge in [0, 0.05) is 17.2 Å². The zero-order valence-corrected chi connectivity index (χ0v) is 14.7. The number of benzene rings is 2. The summed E-state index contributed by atoms with van der Waals surface area (Å²) in [5, 5.41) is 11.4. The summed E-state index contributed by atoms with van der Waals surface area (Å²) < 4.78 is 19.8. The van der Waals surface area contributed by atoms with E-state index in [1.165, 1.54) is 12.1 Å². The number of nitrogens with zero attached hydrogens (tertiary/aromatic N) is 1. The van der Waals surface area contributed by atoms with E-state index < -0.39 is 11.4 Å². The van der Waals surface area contributed by atoms with Gasteiger partial charge in [0.1, 0.15) is 5.82 Å². The van der Waals surface area contributed by atoms with Crippen LogP contribution < -0.4 is 0 Å². The molecule has 0 unspecified atom stereocenters. The minimum atomic E-state index is -1.52. The second-order valence-corrected chi connectivity index (χ2v) is 7.49. The highest BCUT2D eigenvalue weighted by molar-refractivity contribution is 5.46. The molecule has 1 saturated carbocycles. The molecule has 0 amide bonds. The van der Waals surface area contributed by atoms with Crippen LogP contribution in [0.15, 0.2) is 48.5 Å². The first-order valence-electron chi connectivity index (χ1n) is 8.90. The predicted molar refractivity (Wildman–Crippen MR) is 94.5 cm³/mol. The number of ether oxygens (including phenoxy) is 1. The summed E-state index contributed by atoms with van der Waals surface area (Å²) in [4.78, 5) is 2.26. The summed E-state index contributed by atoms with van der Waals surface area (Å²) in [6, 6.07) is 14.4. The van der Waals surface area contributed by atoms with E-state index in [0.717, 1.165) is 36.8 Å². The Hall–Kier alpha value is -1.75. The van der Waals surface area contributed by atoms with E-state index in [4.69, 9.17) is 4.74 Å². The maximum absolute atomic E-state index is 13.3. The Morgan fingerprint density at radius 3 is 2.20 bits per heavy atom. The lowest BCUT2D eigenvalue weighted by Gasteiger charge is -2.40. The molecule has 4 heteroatoms. The summed E-state index contributed by atoms with van der Waals surface area (Å²) in [7, 11) is 4.22. The lowest BCUT2D eigenvalue weighted by atomic mass is 9.77. The molecule has 2 aromatic carbocycles. The van der Waals surface area contributed by atoms with Crippen LogP contribution in [0.5, 0.6) is 0 Å². The van der Waals surface area contributed by atoms with Gasteiger partial charge < -0.3 is 14.7 Å². The topological polar surface area (TPSA) is 32.7 Å². The smallest absolute Gasteiger partial charge is 0.221 e. The summed E-state index contributed by atoms with van der Waals surface area (Å²) in [5.74, 6) is -1.84. The quantitative estimate of drug-likeness (QED) is 0.903. The van der Waals surface area contributed by atoms with Crippen LogP contribution in [0.2, 0.25) is 0 Å². The van der Waals surface area contributed by atoms with Crippen molar-refractivity contribution in [3.63, 3.8) is 0 Å². The van der Waals surface area contributed by atoms with Gasteiger partial charge in [-0.05, 0) is 57.5 Å². The molecule has 0 radical (unpaired) electrons. The highest BCUT2D eigenvalue weighted by Crippen LogP contribution is 2.55. The van der Waals surface area contributed by atoms with Gasteiger partial charge in [0.05, 0.1) is 5.60 Å². The molecular formula is C21H24FNO2. The standard InChI is InChI=1S/C21H24FNO2/c1-23(2)17-11-13-20(14-12-17)18-5-3-4-6-19(18)21(24,25-20)15-7-9-16(22)10-8-15/h3-10,17,24H,11-14H2,1-2H3/t17?,20?,21-/m0/s1. The SMILES string of the molecule is CN(C)C1CCC2(CC1)O[C@@](O)(c1ccc(F)cc1)c1ccccc12. The third-order valence-electron chi connectivity index (χ3n) is 5.85. The number of aliphatic hydroxyl groups is 1. The van der Waals surface area contributed by atoms with Crippen molar-refractivity contribution in [2.45, 2.75) is 43.1 Å². The van der Waals surface area contributed by atoms with Crippen LogP contribution in [0.3, 0.4) is 0 Å². The number of halogens is 1. The van der Waals surface area contributed by atoms with Crippen molar-refractivity contribution in [1.82, 2.24) is 4.90 Å². The van der Waals surface area contributed by atoms with E-state index in [0.29, 0.717) is 11.6 Å². The second kappa shape index (κ2) is 5.90. The van der Waals surface area contributed by atoms with Gasteiger partial charge >= 0.3 is 0 Å². The molecule has 1 aliphatic carbocycles. The Balaban J connectivity index is 1.75. The first kappa shape index (κ1) is 16.7. The molecule has 1 heterocycles. The molecule has 132 valence electrons. The number of fused-ring (bicyclic) bond motifs is 2. The second-order valence-electron chi connectivity index (χ2n) is 7.49. The summed E-state index contributed by atoms with van der Waals surface area (Å²) in [5.41, 5.74) is 1.96. The van der Waals surface area contributed by atoms with E-state index in [2.05, 4.69) is 25.1 Å². The summed E-state index contributed by atoms with van der Waals surface area (Å²) >= 11 is 0. The average Bonchev–Trinajstić information content (AvgIpc) is 2.86. The zero-order valence-electron chi connectivity index (χ0n) is 14.7. The Kier molecular flexibility index (Phi) is 3.95. The highest BCUT2D eigenvalue weighted by Gasteiger charge is 2.54. The molecular weight excluding hydrogens is 317 g/mol. The average molecular weight is 341 g/mol. The minimum absolute atomic E-state index is 0.320. The number of hydrogen-bond donors (Lipinski definition) is 1. The molecule has 1 atom stereocenters. The molecule has 4 rings (SSSR count). The van der Waals surface area contributed by atoms with E-state index in [1.54, 1.807) is 12.1 Å². The van der Waals surface area contributed by atoms with E-state index in [1.807, 2.05) is 18.2 Å². The van der Waals surface area contributed by atoms with Gasteiger partial charge in [-0.1, -0.05) is 36.4 Å². The lowest BCUT2D eigenvalue weighted by molar-refractivity contribution is -0.243. The molecule has 2 aromatic rings. The lowest BCUT2D eigenvalue weighted by Crippen LogP contribution is -2.41. The maximum atomic E-state index is 13.3. The van der Waals surface area contributed by atoms with Crippen LogP contribution in [0.4, 0.5) is 4.39 Å². The number of rotatable bonds is 2. The van der Waals surface area contributed by atoms with Crippen LogP contribution in [0.1, 0.15) is 42.4 Å². The van der Waals surface area contributed by atoms with Gasteiger partial charge in [-0.15, -0.1) is 0 Å². The van der Waals surface area contributed by atoms with E-state index >= 15 is 0 Å². The first-order valence-corrected chi connectivity index (χ1v) is 8.90. The Labute approximate surface area is 148 Å². The zero-order chi connectivity index (χ0) is 17.7. The van der Waals surface area contributed by atoms with Crippen molar-refractivity contribution in [2.24, 2.45) is 0 Å². The third kappa shape index (κ3) is 2.60. The van der Waals surface area contributed by atoms with E-state index in [-0.39, 0.29) is 5.82 Å². The van der Waals surface area contributed by atoms with Gasteiger partial charge in [-0.2, -0.15) is 0 Å². The predicted octanol–water partition coefficient (Wildman–Crippen LogP) is 3.75. The van der Waals surface area contributed by atoms with Crippen molar-refractivity contribution in [2.75, 3.05) is 14.1 Å². The fourth-order valence-electron chi connectivity index (χ4n) is 4.42. The van der Waals surface area contributed by atoms with Crippen molar-refractivity contribution >= 4 is 0 Å². The first-order chi connectivity index (χ1) is 11.9. The monoisotopic (exact) mass is 341 g/mol. The van der Waals surface area contributed by atoms with Gasteiger partial charge in [0.2, 0.25) is 5.79 Å². The Morgan fingerprint density at radius 1 is 1.00 bits per heavy atom. The van der Waals surface area contributed by atoms with Gasteiger partial charge in [0.25, 0.3) is 0 Å². The largest absolute Gasteiger partial charge is 0.358 e. The molecule has 0 saturated heterocycles. The molecule has 1 aliphatic heterocycles. The molecule has 0 bridgehead atoms. The summed E-state index contributed by atoms with van der Waals surface area (Å²) in [6.07, 6.45) is 3.80. The van der Waals surface area contributed by atoms with Crippen molar-refractivity contribution in [1.29, 1.82) is 0 Å². The molecule has 3 nitrogen and oxygen atoms in total. The van der Waals surface area contributed by atoms with Gasteiger partial charge in [-0.3, -0.25) is 0 Å². The maximum Gasteiger partial charge on any atom is 0.221 e. The van der Waals surface area contributed by atoms with Crippen LogP contribution in [-0.4, -0.2) is 30.1 Å². The van der Waals surface area contributed by atoms with Crippen LogP contribution in [-0.2, 0) is 16.1 Å². The molecule has 1 spiro atoms. The van der Waals surface area contributed by atoms with Crippen molar-refractivity contribution in [3.05, 3.63) is 71.0 Å². The molecule has 0 aromatic heterocycles. The molecule has 2 aliphatic rings. The third-order valence-corrected chi connectivity index (χ3v) is 5.85. The molecule has 1 N–H and O–H groups in total. The normalized spacial score (nSPS) is 31.5. The Bertz CT molecular complexity index is 766. The van der Waals surface area contributed by atoms with Gasteiger partial charge in [-0.25, -0.2) is 4.39 Å². The van der Waals surface area contributed by atoms with Gasteiger partial charge in [0.15, 0.2) is 0 Å².